The zero-order chi connectivity index (χ0) is 28.3. The lowest BCUT2D eigenvalue weighted by molar-refractivity contribution is -0.126. The van der Waals surface area contributed by atoms with Crippen molar-refractivity contribution in [2.45, 2.75) is 34.1 Å². The second-order valence-electron chi connectivity index (χ2n) is 10.8. The van der Waals surface area contributed by atoms with Crippen LogP contribution in [0.2, 0.25) is 0 Å². The number of rotatable bonds is 6. The van der Waals surface area contributed by atoms with E-state index in [4.69, 9.17) is 0 Å². The van der Waals surface area contributed by atoms with Gasteiger partial charge < -0.3 is 0 Å². The van der Waals surface area contributed by atoms with Crippen LogP contribution in [0.25, 0.3) is 11.1 Å². The summed E-state index contributed by atoms with van der Waals surface area (Å²) in [6, 6.07) is 34.2. The molecule has 5 nitrogen and oxygen atoms in total. The van der Waals surface area contributed by atoms with Crippen LogP contribution >= 0.6 is 0 Å². The topological polar surface area (TPSA) is 85.3 Å². The van der Waals surface area contributed by atoms with Crippen molar-refractivity contribution in [2.75, 3.05) is 0 Å². The first kappa shape index (κ1) is 26.4. The molecule has 4 unspecified atom stereocenters. The van der Waals surface area contributed by atoms with E-state index in [9.17, 15) is 21.6 Å². The molecule has 4 aromatic rings. The first-order valence-electron chi connectivity index (χ1n) is 13.1. The van der Waals surface area contributed by atoms with E-state index in [1.807, 2.05) is 60.7 Å². The number of sulfone groups is 2. The first-order valence-corrected chi connectivity index (χ1v) is 16.1. The van der Waals surface area contributed by atoms with Crippen LogP contribution in [0.3, 0.4) is 0 Å². The molecule has 0 N–H and O–H groups in total. The van der Waals surface area contributed by atoms with Crippen LogP contribution in [0.4, 0.5) is 0 Å². The van der Waals surface area contributed by atoms with E-state index in [-0.39, 0.29) is 9.79 Å². The quantitative estimate of drug-likeness (QED) is 0.290. The highest BCUT2D eigenvalue weighted by atomic mass is 32.2. The minimum Gasteiger partial charge on any atom is -0.298 e. The second kappa shape index (κ2) is 9.11. The number of hydrogen-bond donors (Lipinski definition) is 0. The average molecular weight is 569 g/mol. The lowest BCUT2D eigenvalue weighted by Crippen LogP contribution is -2.51. The van der Waals surface area contributed by atoms with Crippen molar-refractivity contribution in [3.05, 3.63) is 132 Å². The van der Waals surface area contributed by atoms with E-state index in [0.29, 0.717) is 22.3 Å². The maximum absolute atomic E-state index is 14.8. The molecule has 6 rings (SSSR count). The third-order valence-corrected chi connectivity index (χ3v) is 13.4. The summed E-state index contributed by atoms with van der Waals surface area (Å²) in [4.78, 5) is 14.8. The molecule has 0 radical (unpaired) electrons. The highest BCUT2D eigenvalue weighted by molar-refractivity contribution is 7.96. The number of carbonyl (C=O) groups excluding carboxylic acids is 1. The van der Waals surface area contributed by atoms with Gasteiger partial charge in [-0.1, -0.05) is 97.1 Å². The summed E-state index contributed by atoms with van der Waals surface area (Å²) in [5.74, 6) is -0.397. The Kier molecular flexibility index (Phi) is 6.02. The molecular formula is C33H28O5S2. The normalized spacial score (nSPS) is 26.3. The number of Topliss-reactive ketones (excluding diaryl/α,β-unsaturated/α-hetero) is 1. The van der Waals surface area contributed by atoms with Crippen molar-refractivity contribution in [1.29, 1.82) is 0 Å². The van der Waals surface area contributed by atoms with E-state index in [2.05, 4.69) is 0 Å². The SMILES string of the molecule is CC12C(=O)C(C)(C(c3ccccc3)=C1c1ccccc1)C(S(=O)(=O)c1ccccc1)C2S(=O)(=O)c1ccccc1. The number of benzene rings is 4. The van der Waals surface area contributed by atoms with Crippen LogP contribution in [0, 0.1) is 10.8 Å². The van der Waals surface area contributed by atoms with E-state index >= 15 is 0 Å². The lowest BCUT2D eigenvalue weighted by atomic mass is 9.72. The van der Waals surface area contributed by atoms with Crippen molar-refractivity contribution in [3.63, 3.8) is 0 Å². The zero-order valence-corrected chi connectivity index (χ0v) is 23.7. The van der Waals surface area contributed by atoms with Crippen molar-refractivity contribution in [3.8, 4) is 0 Å². The van der Waals surface area contributed by atoms with Crippen LogP contribution in [-0.4, -0.2) is 33.1 Å². The Labute approximate surface area is 235 Å². The van der Waals surface area contributed by atoms with Gasteiger partial charge >= 0.3 is 0 Å². The minimum absolute atomic E-state index is 0.00731. The Balaban J connectivity index is 1.77. The Morgan fingerprint density at radius 3 is 1.05 bits per heavy atom. The minimum atomic E-state index is -4.32. The maximum Gasteiger partial charge on any atom is 0.183 e. The second-order valence-corrected chi connectivity index (χ2v) is 14.9. The van der Waals surface area contributed by atoms with Crippen LogP contribution in [0.15, 0.2) is 131 Å². The largest absolute Gasteiger partial charge is 0.298 e. The molecule has 1 fully saturated rings. The number of fused-ring (bicyclic) bond motifs is 2. The van der Waals surface area contributed by atoms with Gasteiger partial charge in [0.25, 0.3) is 0 Å². The van der Waals surface area contributed by atoms with Gasteiger partial charge in [-0.15, -0.1) is 0 Å². The molecule has 0 aliphatic heterocycles. The molecule has 0 amide bonds. The van der Waals surface area contributed by atoms with Gasteiger partial charge in [0.1, 0.15) is 10.5 Å². The smallest absolute Gasteiger partial charge is 0.183 e. The summed E-state index contributed by atoms with van der Waals surface area (Å²) in [5, 5.41) is -3.10. The molecule has 0 aromatic heterocycles. The summed E-state index contributed by atoms with van der Waals surface area (Å²) in [5.41, 5.74) is -0.744. The van der Waals surface area contributed by atoms with Gasteiger partial charge in [0.05, 0.1) is 20.6 Å². The molecule has 2 bridgehead atoms. The van der Waals surface area contributed by atoms with Gasteiger partial charge in [-0.3, -0.25) is 4.79 Å². The molecule has 0 spiro atoms. The third-order valence-electron chi connectivity index (χ3n) is 8.58. The molecule has 4 aromatic carbocycles. The predicted octanol–water partition coefficient (Wildman–Crippen LogP) is 5.89. The molecular weight excluding hydrogens is 540 g/mol. The summed E-state index contributed by atoms with van der Waals surface area (Å²) in [6.07, 6.45) is 0. The molecule has 7 heteroatoms. The number of ketones is 1. The average Bonchev–Trinajstić information content (AvgIpc) is 3.28. The van der Waals surface area contributed by atoms with Gasteiger partial charge in [0, 0.05) is 0 Å². The van der Waals surface area contributed by atoms with Crippen molar-refractivity contribution in [2.24, 2.45) is 10.8 Å². The van der Waals surface area contributed by atoms with Crippen LogP contribution in [0.5, 0.6) is 0 Å². The maximum atomic E-state index is 14.8. The highest BCUT2D eigenvalue weighted by Crippen LogP contribution is 2.70. The fourth-order valence-electron chi connectivity index (χ4n) is 6.99. The molecule has 40 heavy (non-hydrogen) atoms. The molecule has 0 heterocycles. The van der Waals surface area contributed by atoms with E-state index in [1.165, 1.54) is 24.3 Å². The zero-order valence-electron chi connectivity index (χ0n) is 22.1. The molecule has 0 saturated heterocycles. The molecule has 2 aliphatic rings. The van der Waals surface area contributed by atoms with Gasteiger partial charge in [0.15, 0.2) is 25.5 Å². The Morgan fingerprint density at radius 1 is 0.475 bits per heavy atom. The molecule has 202 valence electrons. The predicted molar refractivity (Wildman–Crippen MR) is 156 cm³/mol. The van der Waals surface area contributed by atoms with E-state index in [1.54, 1.807) is 50.2 Å². The van der Waals surface area contributed by atoms with Gasteiger partial charge in [-0.2, -0.15) is 0 Å². The van der Waals surface area contributed by atoms with Crippen molar-refractivity contribution >= 4 is 36.6 Å². The van der Waals surface area contributed by atoms with Gasteiger partial charge in [-0.05, 0) is 60.4 Å². The van der Waals surface area contributed by atoms with E-state index in [0.717, 1.165) is 0 Å². The Hall–Kier alpha value is -3.81. The third kappa shape index (κ3) is 3.47. The summed E-state index contributed by atoms with van der Waals surface area (Å²) in [6.45, 7) is 3.25. The Morgan fingerprint density at radius 2 is 0.750 bits per heavy atom. The lowest BCUT2D eigenvalue weighted by Gasteiger charge is -2.41. The van der Waals surface area contributed by atoms with E-state index < -0.39 is 46.8 Å². The molecule has 2 aliphatic carbocycles. The molecule has 4 atom stereocenters. The fourth-order valence-corrected chi connectivity index (χ4v) is 12.4. The summed E-state index contributed by atoms with van der Waals surface area (Å²) in [7, 11) is -8.64. The Bertz CT molecular complexity index is 1710. The highest BCUT2D eigenvalue weighted by Gasteiger charge is 2.78. The van der Waals surface area contributed by atoms with Crippen molar-refractivity contribution in [1.82, 2.24) is 0 Å². The number of hydrogen-bond acceptors (Lipinski definition) is 5. The standard InChI is InChI=1S/C33H28O5S2/c1-32-27(23-15-7-3-8-16-23)28(24-17-9-4-10-18-24)33(2,31(32)34)30(40(37,38)26-21-13-6-14-22-26)29(32)39(35,36)25-19-11-5-12-20-25/h3-22,29-30H,1-2H3. The van der Waals surface area contributed by atoms with Gasteiger partial charge in [-0.25, -0.2) is 16.8 Å². The van der Waals surface area contributed by atoms with Crippen molar-refractivity contribution < 1.29 is 21.6 Å². The summed E-state index contributed by atoms with van der Waals surface area (Å²) >= 11 is 0. The summed E-state index contributed by atoms with van der Waals surface area (Å²) < 4.78 is 58.3. The first-order chi connectivity index (χ1) is 19.1. The van der Waals surface area contributed by atoms with Crippen LogP contribution in [-0.2, 0) is 24.5 Å². The molecule has 1 saturated carbocycles. The van der Waals surface area contributed by atoms with Crippen LogP contribution < -0.4 is 0 Å². The van der Waals surface area contributed by atoms with Gasteiger partial charge in [0.2, 0.25) is 0 Å². The van der Waals surface area contributed by atoms with Crippen LogP contribution in [0.1, 0.15) is 25.0 Å². The monoisotopic (exact) mass is 568 g/mol. The number of carbonyl (C=O) groups is 1. The number of allylic oxidation sites excluding steroid dienone is 2. The fraction of sp³-hybridized carbons (Fsp3) is 0.182.